The number of anilines is 1. The molecule has 2 N–H and O–H groups in total. The molecule has 0 aliphatic heterocycles. The Kier molecular flexibility index (Phi) is 2.93. The third-order valence-corrected chi connectivity index (χ3v) is 2.31. The molecule has 0 unspecified atom stereocenters. The summed E-state index contributed by atoms with van der Waals surface area (Å²) < 4.78 is 38.0. The van der Waals surface area contributed by atoms with E-state index in [1.54, 1.807) is 0 Å². The van der Waals surface area contributed by atoms with Crippen molar-refractivity contribution in [1.82, 2.24) is 0 Å². The Labute approximate surface area is 82.2 Å². The number of nitrogens with two attached hydrogens (primary N) is 1. The zero-order valence-electron chi connectivity index (χ0n) is 6.17. The Morgan fingerprint density at radius 1 is 1.08 bits per heavy atom. The van der Waals surface area contributed by atoms with Gasteiger partial charge in [-0.3, -0.25) is 0 Å². The summed E-state index contributed by atoms with van der Waals surface area (Å²) in [6.07, 6.45) is 0. The molecule has 0 spiro atoms. The Morgan fingerprint density at radius 3 is 1.77 bits per heavy atom. The summed E-state index contributed by atoms with van der Waals surface area (Å²) in [6, 6.07) is 0. The molecule has 0 aliphatic carbocycles. The van der Waals surface area contributed by atoms with E-state index in [1.807, 2.05) is 0 Å². The summed E-state index contributed by atoms with van der Waals surface area (Å²) in [6.45, 7) is -1.15. The number of nitrogen functional groups attached to an aromatic ring is 1. The van der Waals surface area contributed by atoms with Crippen LogP contribution in [-0.2, 0) is 6.67 Å². The molecule has 1 aromatic rings. The molecular formula is C7H4Cl2F3N. The van der Waals surface area contributed by atoms with Crippen LogP contribution in [0.4, 0.5) is 18.9 Å². The highest BCUT2D eigenvalue weighted by Gasteiger charge is 2.20. The molecule has 1 aromatic carbocycles. The van der Waals surface area contributed by atoms with Gasteiger partial charge in [-0.1, -0.05) is 23.2 Å². The lowest BCUT2D eigenvalue weighted by Gasteiger charge is -2.07. The molecule has 0 radical (unpaired) electrons. The molecule has 0 fully saturated rings. The fourth-order valence-electron chi connectivity index (χ4n) is 0.811. The largest absolute Gasteiger partial charge is 0.394 e. The molecule has 1 rings (SSSR count). The fraction of sp³-hybridized carbons (Fsp3) is 0.143. The summed E-state index contributed by atoms with van der Waals surface area (Å²) in [7, 11) is 0. The van der Waals surface area contributed by atoms with Gasteiger partial charge in [0.15, 0.2) is 11.6 Å². The van der Waals surface area contributed by atoms with E-state index < -0.39 is 39.6 Å². The van der Waals surface area contributed by atoms with Crippen molar-refractivity contribution in [3.05, 3.63) is 27.2 Å². The SMILES string of the molecule is Nc1c(F)c(Cl)c(CF)c(Cl)c1F. The van der Waals surface area contributed by atoms with Crippen LogP contribution < -0.4 is 5.73 Å². The lowest BCUT2D eigenvalue weighted by atomic mass is 10.2. The van der Waals surface area contributed by atoms with Gasteiger partial charge in [-0.05, 0) is 0 Å². The van der Waals surface area contributed by atoms with Crippen molar-refractivity contribution in [1.29, 1.82) is 0 Å². The number of rotatable bonds is 1. The van der Waals surface area contributed by atoms with Gasteiger partial charge in [0.1, 0.15) is 12.4 Å². The number of halogens is 5. The molecular weight excluding hydrogens is 226 g/mol. The Balaban J connectivity index is 3.56. The van der Waals surface area contributed by atoms with Gasteiger partial charge in [-0.25, -0.2) is 13.2 Å². The molecule has 0 saturated carbocycles. The summed E-state index contributed by atoms with van der Waals surface area (Å²) in [4.78, 5) is 0. The number of hydrogen-bond acceptors (Lipinski definition) is 1. The molecule has 0 aromatic heterocycles. The van der Waals surface area contributed by atoms with Crippen molar-refractivity contribution in [3.8, 4) is 0 Å². The van der Waals surface area contributed by atoms with Crippen molar-refractivity contribution in [2.24, 2.45) is 0 Å². The van der Waals surface area contributed by atoms with E-state index in [-0.39, 0.29) is 0 Å². The van der Waals surface area contributed by atoms with Crippen molar-refractivity contribution in [2.45, 2.75) is 6.67 Å². The molecule has 0 aliphatic rings. The Morgan fingerprint density at radius 2 is 1.46 bits per heavy atom. The van der Waals surface area contributed by atoms with E-state index in [4.69, 9.17) is 28.9 Å². The standard InChI is InChI=1S/C7H4Cl2F3N/c8-3-2(1-10)4(9)6(12)7(13)5(3)11/h1,13H2. The highest BCUT2D eigenvalue weighted by atomic mass is 35.5. The Bertz CT molecular complexity index is 325. The van der Waals surface area contributed by atoms with Crippen LogP contribution in [0.5, 0.6) is 0 Å². The van der Waals surface area contributed by atoms with Crippen LogP contribution in [-0.4, -0.2) is 0 Å². The van der Waals surface area contributed by atoms with Crippen LogP contribution >= 0.6 is 23.2 Å². The van der Waals surface area contributed by atoms with Crippen LogP contribution in [0.25, 0.3) is 0 Å². The van der Waals surface area contributed by atoms with Crippen LogP contribution in [0.15, 0.2) is 0 Å². The van der Waals surface area contributed by atoms with Crippen LogP contribution in [0.2, 0.25) is 10.0 Å². The third-order valence-electron chi connectivity index (χ3n) is 1.52. The molecule has 72 valence electrons. The van der Waals surface area contributed by atoms with Gasteiger partial charge >= 0.3 is 0 Å². The van der Waals surface area contributed by atoms with Gasteiger partial charge < -0.3 is 5.73 Å². The second kappa shape index (κ2) is 3.64. The number of hydrogen-bond donors (Lipinski definition) is 1. The van der Waals surface area contributed by atoms with Gasteiger partial charge in [0.2, 0.25) is 0 Å². The first-order chi connectivity index (χ1) is 6.00. The molecule has 6 heteroatoms. The predicted octanol–water partition coefficient (Wildman–Crippen LogP) is 3.32. The van der Waals surface area contributed by atoms with E-state index in [1.165, 1.54) is 0 Å². The van der Waals surface area contributed by atoms with Gasteiger partial charge in [-0.2, -0.15) is 0 Å². The maximum absolute atomic E-state index is 12.9. The van der Waals surface area contributed by atoms with E-state index >= 15 is 0 Å². The highest BCUT2D eigenvalue weighted by molar-refractivity contribution is 6.36. The van der Waals surface area contributed by atoms with Crippen LogP contribution in [0.3, 0.4) is 0 Å². The summed E-state index contributed by atoms with van der Waals surface area (Å²) in [5, 5.41) is -1.15. The van der Waals surface area contributed by atoms with Gasteiger partial charge in [0, 0.05) is 5.56 Å². The highest BCUT2D eigenvalue weighted by Crippen LogP contribution is 2.35. The average molecular weight is 230 g/mol. The third kappa shape index (κ3) is 1.56. The van der Waals surface area contributed by atoms with Gasteiger partial charge in [0.25, 0.3) is 0 Å². The van der Waals surface area contributed by atoms with Crippen molar-refractivity contribution in [3.63, 3.8) is 0 Å². The second-order valence-electron chi connectivity index (χ2n) is 2.28. The number of benzene rings is 1. The maximum Gasteiger partial charge on any atom is 0.168 e. The first-order valence-electron chi connectivity index (χ1n) is 3.17. The first kappa shape index (κ1) is 10.5. The zero-order valence-corrected chi connectivity index (χ0v) is 7.69. The quantitative estimate of drug-likeness (QED) is 0.581. The predicted molar refractivity (Wildman–Crippen MR) is 45.6 cm³/mol. The van der Waals surface area contributed by atoms with Crippen molar-refractivity contribution >= 4 is 28.9 Å². The van der Waals surface area contributed by atoms with Crippen molar-refractivity contribution < 1.29 is 13.2 Å². The minimum absolute atomic E-state index is 0.424. The normalized spacial score (nSPS) is 10.5. The molecule has 0 saturated heterocycles. The van der Waals surface area contributed by atoms with Crippen LogP contribution in [0, 0.1) is 11.6 Å². The topological polar surface area (TPSA) is 26.0 Å². The molecule has 0 heterocycles. The van der Waals surface area contributed by atoms with E-state index in [2.05, 4.69) is 0 Å². The monoisotopic (exact) mass is 229 g/mol. The van der Waals surface area contributed by atoms with Gasteiger partial charge in [0.05, 0.1) is 10.0 Å². The molecule has 0 amide bonds. The van der Waals surface area contributed by atoms with E-state index in [0.29, 0.717) is 0 Å². The molecule has 0 bridgehead atoms. The summed E-state index contributed by atoms with van der Waals surface area (Å²) in [5.41, 5.74) is 3.74. The van der Waals surface area contributed by atoms with Crippen molar-refractivity contribution in [2.75, 3.05) is 5.73 Å². The Hall–Kier alpha value is -0.610. The second-order valence-corrected chi connectivity index (χ2v) is 3.04. The molecule has 13 heavy (non-hydrogen) atoms. The van der Waals surface area contributed by atoms with E-state index in [9.17, 15) is 13.2 Å². The fourth-order valence-corrected chi connectivity index (χ4v) is 1.35. The summed E-state index contributed by atoms with van der Waals surface area (Å²) >= 11 is 10.7. The number of alkyl halides is 1. The average Bonchev–Trinajstić information content (AvgIpc) is 2.13. The zero-order chi connectivity index (χ0) is 10.2. The van der Waals surface area contributed by atoms with E-state index in [0.717, 1.165) is 0 Å². The lowest BCUT2D eigenvalue weighted by Crippen LogP contribution is -2.01. The molecule has 1 nitrogen and oxygen atoms in total. The molecule has 0 atom stereocenters. The smallest absolute Gasteiger partial charge is 0.168 e. The summed E-state index contributed by atoms with van der Waals surface area (Å²) in [5.74, 6) is -2.37. The maximum atomic E-state index is 12.9. The van der Waals surface area contributed by atoms with Gasteiger partial charge in [-0.15, -0.1) is 0 Å². The minimum atomic E-state index is -1.18. The lowest BCUT2D eigenvalue weighted by molar-refractivity contribution is 0.479. The first-order valence-corrected chi connectivity index (χ1v) is 3.92. The van der Waals surface area contributed by atoms with Crippen LogP contribution in [0.1, 0.15) is 5.56 Å². The minimum Gasteiger partial charge on any atom is -0.394 e.